The van der Waals surface area contributed by atoms with E-state index in [1.165, 1.54) is 0 Å². The van der Waals surface area contributed by atoms with E-state index in [1.807, 2.05) is 6.92 Å². The first-order valence-corrected chi connectivity index (χ1v) is 11.7. The lowest BCUT2D eigenvalue weighted by atomic mass is 9.78. The largest absolute Gasteiger partial charge is 0.377 e. The molecule has 3 N–H and O–H groups in total. The van der Waals surface area contributed by atoms with Gasteiger partial charge >= 0.3 is 0 Å². The summed E-state index contributed by atoms with van der Waals surface area (Å²) in [4.78, 5) is 4.51. The SMILES string of the molecule is CN=C(NCCNS(=O)(=O)c1ccc(C)cc1)NCC1CCCOC1C(C)(C)C.I. The Balaban J connectivity index is 0.00000450. The molecule has 172 valence electrons. The van der Waals surface area contributed by atoms with Crippen LogP contribution in [0.1, 0.15) is 39.2 Å². The van der Waals surface area contributed by atoms with Crippen LogP contribution in [0.2, 0.25) is 0 Å². The van der Waals surface area contributed by atoms with Gasteiger partial charge in [-0.1, -0.05) is 38.5 Å². The fourth-order valence-corrected chi connectivity index (χ4v) is 4.66. The molecule has 1 heterocycles. The Hall–Kier alpha value is -0.910. The van der Waals surface area contributed by atoms with E-state index in [0.717, 1.165) is 31.6 Å². The Kier molecular flexibility index (Phi) is 11.0. The maximum Gasteiger partial charge on any atom is 0.240 e. The average Bonchev–Trinajstić information content (AvgIpc) is 2.67. The highest BCUT2D eigenvalue weighted by molar-refractivity contribution is 14.0. The zero-order valence-corrected chi connectivity index (χ0v) is 21.8. The quantitative estimate of drug-likeness (QED) is 0.210. The van der Waals surface area contributed by atoms with E-state index < -0.39 is 10.0 Å². The Morgan fingerprint density at radius 3 is 2.43 bits per heavy atom. The number of hydrogen-bond acceptors (Lipinski definition) is 4. The van der Waals surface area contributed by atoms with Gasteiger partial charge in [0.25, 0.3) is 0 Å². The van der Waals surface area contributed by atoms with Crippen LogP contribution in [0.15, 0.2) is 34.2 Å². The highest BCUT2D eigenvalue weighted by Crippen LogP contribution is 2.33. The number of benzene rings is 1. The standard InChI is InChI=1S/C21H36N4O3S.HI/c1-16-8-10-18(11-9-16)29(26,27)25-13-12-23-20(22-5)24-15-17-7-6-14-28-19(17)21(2,3)4;/h8-11,17,19,25H,6-7,12-15H2,1-5H3,(H2,22,23,24);1H. The van der Waals surface area contributed by atoms with Gasteiger partial charge in [0.1, 0.15) is 0 Å². The lowest BCUT2D eigenvalue weighted by molar-refractivity contribution is -0.0835. The third-order valence-electron chi connectivity index (χ3n) is 5.09. The van der Waals surface area contributed by atoms with Crippen molar-refractivity contribution in [3.05, 3.63) is 29.8 Å². The number of aryl methyl sites for hydroxylation is 1. The van der Waals surface area contributed by atoms with Gasteiger partial charge in [0.05, 0.1) is 11.0 Å². The fraction of sp³-hybridized carbons (Fsp3) is 0.667. The molecule has 9 heteroatoms. The predicted octanol–water partition coefficient (Wildman–Crippen LogP) is 2.90. The van der Waals surface area contributed by atoms with Crippen LogP contribution in [0, 0.1) is 18.3 Å². The van der Waals surface area contributed by atoms with E-state index in [9.17, 15) is 8.42 Å². The molecule has 1 saturated heterocycles. The lowest BCUT2D eigenvalue weighted by Crippen LogP contribution is -2.48. The normalized spacial score (nSPS) is 20.4. The minimum atomic E-state index is -3.50. The third kappa shape index (κ3) is 8.32. The van der Waals surface area contributed by atoms with Crippen molar-refractivity contribution < 1.29 is 13.2 Å². The molecule has 0 saturated carbocycles. The fourth-order valence-electron chi connectivity index (χ4n) is 3.62. The summed E-state index contributed by atoms with van der Waals surface area (Å²) in [6, 6.07) is 6.81. The predicted molar refractivity (Wildman–Crippen MR) is 133 cm³/mol. The number of nitrogens with zero attached hydrogens (tertiary/aromatic N) is 1. The number of ether oxygens (including phenoxy) is 1. The number of hydrogen-bond donors (Lipinski definition) is 3. The van der Waals surface area contributed by atoms with E-state index >= 15 is 0 Å². The molecular weight excluding hydrogens is 515 g/mol. The van der Waals surface area contributed by atoms with Crippen LogP contribution in [-0.4, -0.2) is 53.8 Å². The molecular formula is C21H37IN4O3S. The van der Waals surface area contributed by atoms with Crippen molar-refractivity contribution in [3.63, 3.8) is 0 Å². The number of aliphatic imine (C=N–C) groups is 1. The second kappa shape index (κ2) is 12.2. The average molecular weight is 553 g/mol. The van der Waals surface area contributed by atoms with E-state index in [4.69, 9.17) is 4.74 Å². The summed E-state index contributed by atoms with van der Waals surface area (Å²) in [5, 5.41) is 6.53. The van der Waals surface area contributed by atoms with Gasteiger partial charge in [-0.2, -0.15) is 0 Å². The van der Waals surface area contributed by atoms with Crippen LogP contribution in [0.4, 0.5) is 0 Å². The molecule has 2 unspecified atom stereocenters. The first-order valence-electron chi connectivity index (χ1n) is 10.3. The third-order valence-corrected chi connectivity index (χ3v) is 6.57. The molecule has 30 heavy (non-hydrogen) atoms. The van der Waals surface area contributed by atoms with Gasteiger partial charge in [0.15, 0.2) is 5.96 Å². The number of nitrogens with one attached hydrogen (secondary N) is 3. The second-order valence-electron chi connectivity index (χ2n) is 8.65. The number of rotatable bonds is 7. The van der Waals surface area contributed by atoms with Gasteiger partial charge < -0.3 is 15.4 Å². The summed E-state index contributed by atoms with van der Waals surface area (Å²) in [6.07, 6.45) is 2.41. The number of sulfonamides is 1. The van der Waals surface area contributed by atoms with Crippen LogP contribution in [0.3, 0.4) is 0 Å². The van der Waals surface area contributed by atoms with Gasteiger partial charge in [-0.15, -0.1) is 24.0 Å². The molecule has 1 aliphatic rings. The smallest absolute Gasteiger partial charge is 0.240 e. The summed E-state index contributed by atoms with van der Waals surface area (Å²) < 4.78 is 33.3. The van der Waals surface area contributed by atoms with Crippen molar-refractivity contribution >= 4 is 40.0 Å². The lowest BCUT2D eigenvalue weighted by Gasteiger charge is -2.40. The number of halogens is 1. The van der Waals surface area contributed by atoms with E-state index in [-0.39, 0.29) is 46.9 Å². The minimum absolute atomic E-state index is 0. The topological polar surface area (TPSA) is 91.8 Å². The van der Waals surface area contributed by atoms with E-state index in [0.29, 0.717) is 18.4 Å². The van der Waals surface area contributed by atoms with Gasteiger partial charge in [-0.25, -0.2) is 13.1 Å². The molecule has 7 nitrogen and oxygen atoms in total. The maximum atomic E-state index is 12.3. The number of guanidine groups is 1. The summed E-state index contributed by atoms with van der Waals surface area (Å²) in [5.74, 6) is 1.08. The maximum absolute atomic E-state index is 12.3. The van der Waals surface area contributed by atoms with Gasteiger partial charge in [-0.3, -0.25) is 4.99 Å². The molecule has 1 aromatic rings. The zero-order chi connectivity index (χ0) is 21.5. The highest BCUT2D eigenvalue weighted by Gasteiger charge is 2.35. The molecule has 0 aliphatic carbocycles. The van der Waals surface area contributed by atoms with Crippen molar-refractivity contribution in [2.45, 2.75) is 51.5 Å². The summed E-state index contributed by atoms with van der Waals surface area (Å²) >= 11 is 0. The first kappa shape index (κ1) is 27.1. The molecule has 0 bridgehead atoms. The molecule has 1 fully saturated rings. The molecule has 2 rings (SSSR count). The first-order chi connectivity index (χ1) is 13.6. The van der Waals surface area contributed by atoms with Crippen molar-refractivity contribution in [2.75, 3.05) is 33.3 Å². The van der Waals surface area contributed by atoms with Crippen molar-refractivity contribution in [1.29, 1.82) is 0 Å². The van der Waals surface area contributed by atoms with Gasteiger partial charge in [-0.05, 0) is 37.3 Å². The second-order valence-corrected chi connectivity index (χ2v) is 10.4. The van der Waals surface area contributed by atoms with Crippen LogP contribution in [0.5, 0.6) is 0 Å². The molecule has 0 spiro atoms. The van der Waals surface area contributed by atoms with Crippen LogP contribution >= 0.6 is 24.0 Å². The molecule has 1 aromatic carbocycles. The summed E-state index contributed by atoms with van der Waals surface area (Å²) in [6.45, 7) is 10.9. The Morgan fingerprint density at radius 1 is 1.17 bits per heavy atom. The molecule has 0 amide bonds. The van der Waals surface area contributed by atoms with Gasteiger partial charge in [0, 0.05) is 39.2 Å². The van der Waals surface area contributed by atoms with Crippen LogP contribution < -0.4 is 15.4 Å². The van der Waals surface area contributed by atoms with Gasteiger partial charge in [0.2, 0.25) is 10.0 Å². The Labute approximate surface area is 198 Å². The summed E-state index contributed by atoms with van der Waals surface area (Å²) in [7, 11) is -1.79. The van der Waals surface area contributed by atoms with Crippen LogP contribution in [-0.2, 0) is 14.8 Å². The Bertz CT molecular complexity index is 776. The zero-order valence-electron chi connectivity index (χ0n) is 18.7. The van der Waals surface area contributed by atoms with Crippen molar-refractivity contribution in [3.8, 4) is 0 Å². The van der Waals surface area contributed by atoms with Crippen molar-refractivity contribution in [1.82, 2.24) is 15.4 Å². The minimum Gasteiger partial charge on any atom is -0.377 e. The highest BCUT2D eigenvalue weighted by atomic mass is 127. The molecule has 1 aliphatic heterocycles. The van der Waals surface area contributed by atoms with Crippen LogP contribution in [0.25, 0.3) is 0 Å². The molecule has 2 atom stereocenters. The summed E-state index contributed by atoms with van der Waals surface area (Å²) in [5.41, 5.74) is 1.12. The van der Waals surface area contributed by atoms with Crippen molar-refractivity contribution in [2.24, 2.45) is 16.3 Å². The van der Waals surface area contributed by atoms with E-state index in [1.54, 1.807) is 31.3 Å². The van der Waals surface area contributed by atoms with E-state index in [2.05, 4.69) is 41.1 Å². The Morgan fingerprint density at radius 2 is 1.83 bits per heavy atom. The molecule has 0 aromatic heterocycles. The monoisotopic (exact) mass is 552 g/mol. The molecule has 0 radical (unpaired) electrons.